The molecule has 0 atom stereocenters. The smallest absolute Gasteiger partial charge is 0.335 e. The van der Waals surface area contributed by atoms with Gasteiger partial charge in [0.05, 0.1) is 23.7 Å². The molecule has 1 N–H and O–H groups in total. The lowest BCUT2D eigenvalue weighted by molar-refractivity contribution is 0.0949. The molecule has 0 radical (unpaired) electrons. The van der Waals surface area contributed by atoms with Crippen molar-refractivity contribution < 1.29 is 9.21 Å². The molecule has 158 valence electrons. The second-order valence-electron chi connectivity index (χ2n) is 7.01. The molecular weight excluding hydrogens is 404 g/mol. The van der Waals surface area contributed by atoms with Gasteiger partial charge in [-0.3, -0.25) is 4.79 Å². The third-order valence-electron chi connectivity index (χ3n) is 4.96. The first kappa shape index (κ1) is 20.4. The van der Waals surface area contributed by atoms with Crippen molar-refractivity contribution in [1.82, 2.24) is 25.1 Å². The van der Waals surface area contributed by atoms with Crippen LogP contribution >= 0.6 is 11.8 Å². The number of fused-ring (bicyclic) bond motifs is 1. The average molecular weight is 429 g/mol. The molecule has 3 aromatic heterocycles. The van der Waals surface area contributed by atoms with E-state index >= 15 is 0 Å². The molecule has 3 aromatic rings. The zero-order valence-electron chi connectivity index (χ0n) is 16.8. The van der Waals surface area contributed by atoms with Gasteiger partial charge in [-0.05, 0) is 31.1 Å². The molecule has 0 saturated carbocycles. The van der Waals surface area contributed by atoms with E-state index in [9.17, 15) is 9.59 Å². The maximum absolute atomic E-state index is 12.2. The number of rotatable bonds is 7. The van der Waals surface area contributed by atoms with E-state index in [1.54, 1.807) is 16.4 Å². The van der Waals surface area contributed by atoms with Crippen LogP contribution in [-0.4, -0.2) is 51.0 Å². The van der Waals surface area contributed by atoms with Gasteiger partial charge in [0.25, 0.3) is 5.91 Å². The van der Waals surface area contributed by atoms with Crippen LogP contribution in [0.2, 0.25) is 0 Å². The van der Waals surface area contributed by atoms with E-state index in [1.807, 2.05) is 6.20 Å². The maximum atomic E-state index is 12.2. The highest BCUT2D eigenvalue weighted by atomic mass is 32.2. The average Bonchev–Trinajstić information content (AvgIpc) is 3.17. The molecule has 9 nitrogen and oxygen atoms in total. The summed E-state index contributed by atoms with van der Waals surface area (Å²) in [5.41, 5.74) is 0.595. The molecule has 1 aliphatic heterocycles. The normalized spacial score (nSPS) is 14.2. The van der Waals surface area contributed by atoms with Gasteiger partial charge in [-0.25, -0.2) is 19.4 Å². The first-order chi connectivity index (χ1) is 14.7. The lowest BCUT2D eigenvalue weighted by Gasteiger charge is -2.28. The minimum absolute atomic E-state index is 0.302. The second-order valence-corrected chi connectivity index (χ2v) is 8.25. The Balaban J connectivity index is 1.52. The molecule has 0 unspecified atom stereocenters. The van der Waals surface area contributed by atoms with Crippen molar-refractivity contribution in [2.24, 2.45) is 0 Å². The topological polar surface area (TPSA) is 106 Å². The number of hydrogen-bond donors (Lipinski definition) is 1. The predicted octanol–water partition coefficient (Wildman–Crippen LogP) is 2.31. The molecule has 30 heavy (non-hydrogen) atoms. The van der Waals surface area contributed by atoms with Crippen molar-refractivity contribution >= 4 is 34.5 Å². The molecule has 0 spiro atoms. The molecule has 1 amide bonds. The van der Waals surface area contributed by atoms with E-state index < -0.39 is 5.63 Å². The lowest BCUT2D eigenvalue weighted by Crippen LogP contribution is -2.30. The molecule has 1 saturated heterocycles. The van der Waals surface area contributed by atoms with Crippen LogP contribution in [0, 0.1) is 0 Å². The highest BCUT2D eigenvalue weighted by Crippen LogP contribution is 2.29. The Morgan fingerprint density at radius 3 is 2.80 bits per heavy atom. The van der Waals surface area contributed by atoms with Crippen molar-refractivity contribution in [3.63, 3.8) is 0 Å². The minimum Gasteiger partial charge on any atom is -0.430 e. The molecular formula is C20H24N6O3S. The van der Waals surface area contributed by atoms with Gasteiger partial charge in [-0.1, -0.05) is 18.7 Å². The highest BCUT2D eigenvalue weighted by Gasteiger charge is 2.20. The van der Waals surface area contributed by atoms with E-state index in [0.29, 0.717) is 18.7 Å². The van der Waals surface area contributed by atoms with Gasteiger partial charge in [0, 0.05) is 25.7 Å². The summed E-state index contributed by atoms with van der Waals surface area (Å²) in [4.78, 5) is 35.1. The molecule has 1 fully saturated rings. The van der Waals surface area contributed by atoms with Crippen molar-refractivity contribution in [2.75, 3.05) is 30.3 Å². The molecule has 0 aliphatic carbocycles. The fourth-order valence-electron chi connectivity index (χ4n) is 3.49. The number of nitrogens with zero attached hydrogens (tertiary/aromatic N) is 5. The fraction of sp³-hybridized carbons (Fsp3) is 0.450. The van der Waals surface area contributed by atoms with E-state index in [4.69, 9.17) is 14.4 Å². The summed E-state index contributed by atoms with van der Waals surface area (Å²) in [5.74, 6) is 1.54. The van der Waals surface area contributed by atoms with Crippen LogP contribution in [0.5, 0.6) is 0 Å². The van der Waals surface area contributed by atoms with Crippen molar-refractivity contribution in [3.05, 3.63) is 40.6 Å². The molecule has 10 heteroatoms. The maximum Gasteiger partial charge on any atom is 0.335 e. The number of amides is 1. The van der Waals surface area contributed by atoms with Crippen molar-refractivity contribution in [2.45, 2.75) is 37.9 Å². The second kappa shape index (κ2) is 9.29. The zero-order valence-corrected chi connectivity index (χ0v) is 17.7. The number of carbonyl (C=O) groups excluding carboxylic acids is 1. The number of thioether (sulfide) groups is 1. The van der Waals surface area contributed by atoms with Gasteiger partial charge in [-0.2, -0.15) is 5.10 Å². The monoisotopic (exact) mass is 428 g/mol. The van der Waals surface area contributed by atoms with Gasteiger partial charge in [0.2, 0.25) is 0 Å². The summed E-state index contributed by atoms with van der Waals surface area (Å²) >= 11 is 1.61. The van der Waals surface area contributed by atoms with Crippen LogP contribution in [0.1, 0.15) is 36.5 Å². The number of aromatic nitrogens is 4. The van der Waals surface area contributed by atoms with E-state index in [2.05, 4.69) is 22.2 Å². The summed E-state index contributed by atoms with van der Waals surface area (Å²) in [7, 11) is 0. The molecule has 4 heterocycles. The molecule has 0 aromatic carbocycles. The van der Waals surface area contributed by atoms with Crippen LogP contribution in [0.3, 0.4) is 0 Å². The Kier molecular flexibility index (Phi) is 6.32. The minimum atomic E-state index is -0.487. The Hall–Kier alpha value is -2.88. The van der Waals surface area contributed by atoms with Gasteiger partial charge in [-0.15, -0.1) is 0 Å². The number of anilines is 1. The number of piperidine rings is 1. The number of hydrogen-bond acceptors (Lipinski definition) is 8. The van der Waals surface area contributed by atoms with Crippen LogP contribution in [0.25, 0.3) is 11.0 Å². The SMILES string of the molecule is CCSc1nc(N2CCCCC2)c2cnn(CCNC(=O)c3ccc(=O)oc3)c2n1. The number of nitrogens with one attached hydrogen (secondary N) is 1. The molecule has 0 bridgehead atoms. The van der Waals surface area contributed by atoms with E-state index in [1.165, 1.54) is 31.4 Å². The Labute approximate surface area is 177 Å². The molecule has 4 rings (SSSR count). The van der Waals surface area contributed by atoms with Gasteiger partial charge in [0.15, 0.2) is 10.8 Å². The highest BCUT2D eigenvalue weighted by molar-refractivity contribution is 7.99. The standard InChI is InChI=1S/C20H24N6O3S/c1-2-30-20-23-17(25-9-4-3-5-10-25)15-12-22-26(18(15)24-20)11-8-21-19(28)14-6-7-16(27)29-13-14/h6-7,12-13H,2-5,8-11H2,1H3,(H,21,28). The van der Waals surface area contributed by atoms with Gasteiger partial charge in [0.1, 0.15) is 12.1 Å². The van der Waals surface area contributed by atoms with Crippen molar-refractivity contribution in [1.29, 1.82) is 0 Å². The first-order valence-electron chi connectivity index (χ1n) is 10.1. The zero-order chi connectivity index (χ0) is 20.9. The summed E-state index contributed by atoms with van der Waals surface area (Å²) in [6, 6.07) is 2.67. The largest absolute Gasteiger partial charge is 0.430 e. The van der Waals surface area contributed by atoms with E-state index in [0.717, 1.165) is 47.1 Å². The summed E-state index contributed by atoms with van der Waals surface area (Å²) < 4.78 is 6.54. The third kappa shape index (κ3) is 4.48. The Morgan fingerprint density at radius 1 is 1.23 bits per heavy atom. The number of carbonyl (C=O) groups is 1. The quantitative estimate of drug-likeness (QED) is 0.451. The first-order valence-corrected chi connectivity index (χ1v) is 11.1. The summed E-state index contributed by atoms with van der Waals surface area (Å²) in [6.45, 7) is 4.91. The predicted molar refractivity (Wildman–Crippen MR) is 115 cm³/mol. The van der Waals surface area contributed by atoms with Crippen LogP contribution in [0.4, 0.5) is 5.82 Å². The Bertz CT molecular complexity index is 1070. The fourth-order valence-corrected chi connectivity index (χ4v) is 4.05. The van der Waals surface area contributed by atoms with Gasteiger partial charge >= 0.3 is 5.63 Å². The van der Waals surface area contributed by atoms with Crippen LogP contribution in [0.15, 0.2) is 39.0 Å². The van der Waals surface area contributed by atoms with Crippen molar-refractivity contribution in [3.8, 4) is 0 Å². The Morgan fingerprint density at radius 2 is 2.07 bits per heavy atom. The third-order valence-corrected chi connectivity index (χ3v) is 5.69. The lowest BCUT2D eigenvalue weighted by atomic mass is 10.1. The van der Waals surface area contributed by atoms with E-state index in [-0.39, 0.29) is 5.91 Å². The summed E-state index contributed by atoms with van der Waals surface area (Å²) in [5, 5.41) is 9.00. The summed E-state index contributed by atoms with van der Waals surface area (Å²) in [6.07, 6.45) is 6.56. The molecule has 1 aliphatic rings. The van der Waals surface area contributed by atoms with Gasteiger partial charge < -0.3 is 14.6 Å². The van der Waals surface area contributed by atoms with Crippen LogP contribution in [-0.2, 0) is 6.54 Å². The van der Waals surface area contributed by atoms with Crippen LogP contribution < -0.4 is 15.8 Å².